The van der Waals surface area contributed by atoms with Crippen LogP contribution in [0.5, 0.6) is 5.75 Å². The number of nitrogens with one attached hydrogen (secondary N) is 1. The molecule has 2 fully saturated rings. The van der Waals surface area contributed by atoms with Crippen molar-refractivity contribution in [1.29, 1.82) is 0 Å². The zero-order valence-corrected chi connectivity index (χ0v) is 27.4. The van der Waals surface area contributed by atoms with Crippen molar-refractivity contribution in [3.8, 4) is 16.9 Å². The van der Waals surface area contributed by atoms with Crippen molar-refractivity contribution in [2.45, 2.75) is 71.1 Å². The fourth-order valence-electron chi connectivity index (χ4n) is 7.05. The van der Waals surface area contributed by atoms with Crippen LogP contribution >= 0.6 is 0 Å². The van der Waals surface area contributed by atoms with E-state index in [-0.39, 0.29) is 22.4 Å². The Balaban J connectivity index is 1.26. The molecule has 1 aliphatic carbocycles. The van der Waals surface area contributed by atoms with Gasteiger partial charge in [0.25, 0.3) is 0 Å². The Morgan fingerprint density at radius 1 is 0.804 bits per heavy atom. The van der Waals surface area contributed by atoms with Gasteiger partial charge in [-0.15, -0.1) is 0 Å². The van der Waals surface area contributed by atoms with Gasteiger partial charge in [-0.3, -0.25) is 4.79 Å². The fourth-order valence-corrected chi connectivity index (χ4v) is 7.05. The number of esters is 2. The Bertz CT molecular complexity index is 1460. The van der Waals surface area contributed by atoms with E-state index in [2.05, 4.69) is 24.5 Å². The minimum Gasteiger partial charge on any atom is -0.494 e. The van der Waals surface area contributed by atoms with E-state index >= 15 is 0 Å². The molecule has 0 spiro atoms. The Kier molecular flexibility index (Phi) is 10.8. The lowest BCUT2D eigenvalue weighted by atomic mass is 9.69. The summed E-state index contributed by atoms with van der Waals surface area (Å²) in [5.74, 6) is -0.492. The Hall–Kier alpha value is -4.11. The smallest absolute Gasteiger partial charge is 0.338 e. The SMILES string of the molecule is COC(=O)c1cc(OCCC2(CC[N+]3(NC(=O)c4cc(-c5ccc(C)cc5)co4)CCCCC3)CCCCC2)cc(C(=O)OC)c1. The molecule has 2 heterocycles. The average Bonchev–Trinajstić information content (AvgIpc) is 3.59. The Labute approximate surface area is 271 Å². The molecule has 0 atom stereocenters. The molecule has 5 rings (SSSR count). The molecule has 1 saturated carbocycles. The molecule has 246 valence electrons. The molecule has 1 aliphatic heterocycles. The average molecular weight is 632 g/mol. The first-order chi connectivity index (χ1) is 22.2. The van der Waals surface area contributed by atoms with Crippen LogP contribution in [0.3, 0.4) is 0 Å². The number of piperidine rings is 1. The van der Waals surface area contributed by atoms with E-state index in [1.807, 2.05) is 18.2 Å². The number of rotatable bonds is 12. The van der Waals surface area contributed by atoms with Crippen LogP contribution in [0.25, 0.3) is 11.1 Å². The molecule has 1 saturated heterocycles. The minimum absolute atomic E-state index is 0.0834. The highest BCUT2D eigenvalue weighted by Gasteiger charge is 2.39. The van der Waals surface area contributed by atoms with E-state index in [0.29, 0.717) is 22.7 Å². The largest absolute Gasteiger partial charge is 0.494 e. The summed E-state index contributed by atoms with van der Waals surface area (Å²) >= 11 is 0. The van der Waals surface area contributed by atoms with Crippen LogP contribution in [-0.2, 0) is 9.47 Å². The number of nitrogens with zero attached hydrogens (tertiary/aromatic N) is 1. The first-order valence-corrected chi connectivity index (χ1v) is 16.5. The summed E-state index contributed by atoms with van der Waals surface area (Å²) in [6, 6.07) is 14.7. The number of furan rings is 1. The van der Waals surface area contributed by atoms with Gasteiger partial charge in [-0.05, 0) is 80.7 Å². The normalized spacial score (nSPS) is 17.1. The van der Waals surface area contributed by atoms with Crippen LogP contribution in [0.15, 0.2) is 59.2 Å². The summed E-state index contributed by atoms with van der Waals surface area (Å²) < 4.78 is 22.3. The molecule has 1 N–H and O–H groups in total. The summed E-state index contributed by atoms with van der Waals surface area (Å²) in [5, 5.41) is 0. The molecule has 3 aromatic rings. The van der Waals surface area contributed by atoms with Crippen molar-refractivity contribution < 1.29 is 37.6 Å². The molecule has 0 radical (unpaired) electrons. The number of amides is 1. The van der Waals surface area contributed by atoms with Gasteiger partial charge in [0.1, 0.15) is 25.4 Å². The van der Waals surface area contributed by atoms with Crippen molar-refractivity contribution in [3.63, 3.8) is 0 Å². The van der Waals surface area contributed by atoms with Crippen molar-refractivity contribution in [2.75, 3.05) is 40.5 Å². The van der Waals surface area contributed by atoms with Gasteiger partial charge >= 0.3 is 17.8 Å². The van der Waals surface area contributed by atoms with E-state index < -0.39 is 11.9 Å². The lowest BCUT2D eigenvalue weighted by Crippen LogP contribution is -2.63. The lowest BCUT2D eigenvalue weighted by Gasteiger charge is -2.44. The molecule has 46 heavy (non-hydrogen) atoms. The summed E-state index contributed by atoms with van der Waals surface area (Å²) in [7, 11) is 2.61. The molecule has 9 heteroatoms. The number of carbonyl (C=O) groups is 3. The highest BCUT2D eigenvalue weighted by Crippen LogP contribution is 2.43. The van der Waals surface area contributed by atoms with Crippen LogP contribution in [0.2, 0.25) is 0 Å². The first-order valence-electron chi connectivity index (χ1n) is 16.5. The highest BCUT2D eigenvalue weighted by atomic mass is 16.5. The number of quaternary nitrogens is 1. The van der Waals surface area contributed by atoms with E-state index in [1.54, 1.807) is 18.4 Å². The molecule has 0 bridgehead atoms. The number of ether oxygens (including phenoxy) is 3. The molecule has 2 aromatic carbocycles. The number of hydrogen-bond acceptors (Lipinski definition) is 7. The monoisotopic (exact) mass is 631 g/mol. The second-order valence-electron chi connectivity index (χ2n) is 13.0. The standard InChI is InChI=1S/C37H46N2O7/c1-27-10-12-28(13-11-27)31-25-33(46-26-31)34(40)38-39(18-8-5-9-19-39)20-16-37(14-6-4-7-15-37)17-21-45-32-23-29(35(41)43-2)22-30(24-32)36(42)44-3/h10-13,22-26H,4-9,14-21H2,1-3H3/p+1. The zero-order chi connectivity index (χ0) is 32.6. The van der Waals surface area contributed by atoms with E-state index in [9.17, 15) is 14.4 Å². The number of benzene rings is 2. The Morgan fingerprint density at radius 3 is 2.07 bits per heavy atom. The van der Waals surface area contributed by atoms with Gasteiger partial charge in [0.2, 0.25) is 0 Å². The number of methoxy groups -OCH3 is 2. The van der Waals surface area contributed by atoms with Crippen molar-refractivity contribution in [2.24, 2.45) is 5.41 Å². The summed E-state index contributed by atoms with van der Waals surface area (Å²) in [6.07, 6.45) is 12.6. The second kappa shape index (κ2) is 15.0. The van der Waals surface area contributed by atoms with Gasteiger partial charge in [-0.25, -0.2) is 14.2 Å². The topological polar surface area (TPSA) is 104 Å². The highest BCUT2D eigenvalue weighted by molar-refractivity contribution is 5.96. The van der Waals surface area contributed by atoms with Crippen LogP contribution in [0.1, 0.15) is 101 Å². The zero-order valence-electron chi connectivity index (χ0n) is 27.4. The lowest BCUT2D eigenvalue weighted by molar-refractivity contribution is -0.965. The van der Waals surface area contributed by atoms with Crippen LogP contribution in [0, 0.1) is 12.3 Å². The summed E-state index contributed by atoms with van der Waals surface area (Å²) in [5.41, 5.74) is 7.06. The quantitative estimate of drug-likeness (QED) is 0.165. The third kappa shape index (κ3) is 8.18. The van der Waals surface area contributed by atoms with Crippen LogP contribution < -0.4 is 10.2 Å². The minimum atomic E-state index is -0.544. The predicted molar refractivity (Wildman–Crippen MR) is 174 cm³/mol. The molecule has 1 amide bonds. The number of likely N-dealkylation sites (tertiary alicyclic amines) is 1. The van der Waals surface area contributed by atoms with E-state index in [0.717, 1.165) is 69.3 Å². The molecule has 1 aromatic heterocycles. The van der Waals surface area contributed by atoms with Gasteiger partial charge in [0.05, 0.1) is 38.2 Å². The van der Waals surface area contributed by atoms with Gasteiger partial charge in [-0.1, -0.05) is 49.1 Å². The fraction of sp³-hybridized carbons (Fsp3) is 0.486. The van der Waals surface area contributed by atoms with Gasteiger partial charge in [0.15, 0.2) is 5.76 Å². The number of aryl methyl sites for hydroxylation is 1. The van der Waals surface area contributed by atoms with Gasteiger partial charge in [-0.2, -0.15) is 5.43 Å². The maximum Gasteiger partial charge on any atom is 0.338 e. The maximum absolute atomic E-state index is 13.6. The van der Waals surface area contributed by atoms with E-state index in [1.165, 1.54) is 51.5 Å². The van der Waals surface area contributed by atoms with Crippen LogP contribution in [0.4, 0.5) is 0 Å². The molecule has 2 aliphatic rings. The number of hydrogen-bond donors (Lipinski definition) is 1. The molecular formula is C37H47N2O7+. The maximum atomic E-state index is 13.6. The van der Waals surface area contributed by atoms with Crippen LogP contribution in [-0.4, -0.2) is 62.9 Å². The van der Waals surface area contributed by atoms with Crippen molar-refractivity contribution in [3.05, 3.63) is 77.2 Å². The first kappa shape index (κ1) is 33.3. The third-order valence-corrected chi connectivity index (χ3v) is 9.85. The predicted octanol–water partition coefficient (Wildman–Crippen LogP) is 7.28. The molecule has 0 unspecified atom stereocenters. The van der Waals surface area contributed by atoms with Gasteiger partial charge in [0, 0.05) is 12.0 Å². The third-order valence-electron chi connectivity index (χ3n) is 9.85. The van der Waals surface area contributed by atoms with Crippen molar-refractivity contribution in [1.82, 2.24) is 5.43 Å². The van der Waals surface area contributed by atoms with Crippen molar-refractivity contribution >= 4 is 17.8 Å². The second-order valence-corrected chi connectivity index (χ2v) is 13.0. The summed E-state index contributed by atoms with van der Waals surface area (Å²) in [6.45, 7) is 5.16. The molecular weight excluding hydrogens is 584 g/mol. The Morgan fingerprint density at radius 2 is 1.43 bits per heavy atom. The van der Waals surface area contributed by atoms with E-state index in [4.69, 9.17) is 18.6 Å². The molecule has 9 nitrogen and oxygen atoms in total. The van der Waals surface area contributed by atoms with Gasteiger partial charge < -0.3 is 18.6 Å². The summed E-state index contributed by atoms with van der Waals surface area (Å²) in [4.78, 5) is 38.1. The number of carbonyl (C=O) groups excluding carboxylic acids is 3.